The normalized spacial score (nSPS) is 11.6. The Morgan fingerprint density at radius 1 is 1.12 bits per heavy atom. The van der Waals surface area contributed by atoms with E-state index in [0.717, 1.165) is 17.7 Å². The fourth-order valence-corrected chi connectivity index (χ4v) is 4.13. The molecule has 0 N–H and O–H groups in total. The van der Waals surface area contributed by atoms with Crippen molar-refractivity contribution in [1.29, 1.82) is 0 Å². The van der Waals surface area contributed by atoms with Crippen LogP contribution in [0, 0.1) is 6.92 Å². The minimum atomic E-state index is -4.39. The molecule has 0 fully saturated rings. The zero-order chi connectivity index (χ0) is 22.7. The number of carbonyl (C=O) groups is 1. The number of hydrogen-bond donors (Lipinski definition) is 0. The SMILES string of the molecule is Cc1nc(-c2nnnn2Cc2ccc(C(F)(F)F)cc2)sc1C(=O)CCc1cccnc1. The number of Topliss-reactive ketones (excluding diaryl/α,β-unsaturated/α-hetero) is 1. The Balaban J connectivity index is 1.50. The van der Waals surface area contributed by atoms with Crippen molar-refractivity contribution >= 4 is 17.1 Å². The van der Waals surface area contributed by atoms with E-state index in [1.807, 2.05) is 12.1 Å². The van der Waals surface area contributed by atoms with Gasteiger partial charge in [-0.2, -0.15) is 13.2 Å². The molecule has 3 heterocycles. The van der Waals surface area contributed by atoms with Crippen LogP contribution in [0.1, 0.15) is 38.5 Å². The van der Waals surface area contributed by atoms with Crippen molar-refractivity contribution in [3.8, 4) is 10.8 Å². The summed E-state index contributed by atoms with van der Waals surface area (Å²) in [5.74, 6) is 0.321. The standard InChI is InChI=1S/C21H17F3N6OS/c1-13-18(17(31)9-6-14-3-2-10-25-11-14)32-20(26-13)19-27-28-29-30(19)12-15-4-7-16(8-5-15)21(22,23)24/h2-5,7-8,10-11H,6,9,12H2,1H3. The Morgan fingerprint density at radius 3 is 2.59 bits per heavy atom. The molecule has 0 aliphatic rings. The second kappa shape index (κ2) is 8.95. The average molecular weight is 458 g/mol. The quantitative estimate of drug-likeness (QED) is 0.382. The maximum Gasteiger partial charge on any atom is 0.416 e. The van der Waals surface area contributed by atoms with E-state index in [9.17, 15) is 18.0 Å². The van der Waals surface area contributed by atoms with Crippen molar-refractivity contribution in [2.45, 2.75) is 32.5 Å². The lowest BCUT2D eigenvalue weighted by molar-refractivity contribution is -0.137. The van der Waals surface area contributed by atoms with Gasteiger partial charge in [0.25, 0.3) is 0 Å². The number of nitrogens with zero attached hydrogens (tertiary/aromatic N) is 6. The number of aryl methyl sites for hydroxylation is 2. The molecule has 0 aliphatic heterocycles. The molecule has 3 aromatic heterocycles. The number of ketones is 1. The minimum Gasteiger partial charge on any atom is -0.293 e. The van der Waals surface area contributed by atoms with Crippen LogP contribution in [0.3, 0.4) is 0 Å². The van der Waals surface area contributed by atoms with Gasteiger partial charge in [-0.1, -0.05) is 18.2 Å². The summed E-state index contributed by atoms with van der Waals surface area (Å²) >= 11 is 1.20. The van der Waals surface area contributed by atoms with Crippen molar-refractivity contribution in [2.24, 2.45) is 0 Å². The van der Waals surface area contributed by atoms with Crippen LogP contribution in [0.5, 0.6) is 0 Å². The fraction of sp³-hybridized carbons (Fsp3) is 0.238. The van der Waals surface area contributed by atoms with Gasteiger partial charge >= 0.3 is 6.18 Å². The van der Waals surface area contributed by atoms with Gasteiger partial charge in [-0.25, -0.2) is 9.67 Å². The molecule has 0 unspecified atom stereocenters. The molecule has 32 heavy (non-hydrogen) atoms. The predicted octanol–water partition coefficient (Wildman–Crippen LogP) is 4.38. The van der Waals surface area contributed by atoms with Crippen molar-refractivity contribution in [1.82, 2.24) is 30.2 Å². The smallest absolute Gasteiger partial charge is 0.293 e. The third-order valence-corrected chi connectivity index (χ3v) is 5.94. The highest BCUT2D eigenvalue weighted by atomic mass is 32.1. The second-order valence-corrected chi connectivity index (χ2v) is 8.07. The van der Waals surface area contributed by atoms with Gasteiger partial charge < -0.3 is 0 Å². The Kier molecular flexibility index (Phi) is 6.08. The molecular formula is C21H17F3N6OS. The summed E-state index contributed by atoms with van der Waals surface area (Å²) in [7, 11) is 0. The number of alkyl halides is 3. The predicted molar refractivity (Wildman–Crippen MR) is 111 cm³/mol. The molecule has 7 nitrogen and oxygen atoms in total. The fourth-order valence-electron chi connectivity index (χ4n) is 3.10. The van der Waals surface area contributed by atoms with Gasteiger partial charge in [0.05, 0.1) is 22.7 Å². The van der Waals surface area contributed by atoms with E-state index in [1.54, 1.807) is 19.3 Å². The van der Waals surface area contributed by atoms with Crippen LogP contribution in [-0.2, 0) is 19.1 Å². The summed E-state index contributed by atoms with van der Waals surface area (Å²) in [6.07, 6.45) is -0.0834. The first kappa shape index (κ1) is 21.8. The third-order valence-electron chi connectivity index (χ3n) is 4.75. The molecule has 164 valence electrons. The summed E-state index contributed by atoms with van der Waals surface area (Å²) in [6, 6.07) is 8.55. The first-order valence-electron chi connectivity index (χ1n) is 9.63. The number of hydrogen-bond acceptors (Lipinski definition) is 7. The average Bonchev–Trinajstić information content (AvgIpc) is 3.39. The van der Waals surface area contributed by atoms with Crippen LogP contribution in [0.4, 0.5) is 13.2 Å². The maximum atomic E-state index is 12.8. The second-order valence-electron chi connectivity index (χ2n) is 7.07. The molecule has 0 saturated heterocycles. The first-order valence-corrected chi connectivity index (χ1v) is 10.4. The number of halogens is 3. The van der Waals surface area contributed by atoms with E-state index in [0.29, 0.717) is 39.8 Å². The van der Waals surface area contributed by atoms with Gasteiger partial charge in [0, 0.05) is 18.8 Å². The van der Waals surface area contributed by atoms with E-state index in [4.69, 9.17) is 0 Å². The molecule has 11 heteroatoms. The van der Waals surface area contributed by atoms with Crippen molar-refractivity contribution in [2.75, 3.05) is 0 Å². The number of benzene rings is 1. The molecule has 0 radical (unpaired) electrons. The summed E-state index contributed by atoms with van der Waals surface area (Å²) in [4.78, 5) is 21.7. The lowest BCUT2D eigenvalue weighted by atomic mass is 10.1. The summed E-state index contributed by atoms with van der Waals surface area (Å²) in [5.41, 5.74) is 1.45. The zero-order valence-electron chi connectivity index (χ0n) is 16.9. The van der Waals surface area contributed by atoms with Gasteiger partial charge in [-0.15, -0.1) is 16.4 Å². The van der Waals surface area contributed by atoms with Gasteiger partial charge in [-0.3, -0.25) is 9.78 Å². The molecule has 0 atom stereocenters. The van der Waals surface area contributed by atoms with Crippen LogP contribution in [0.25, 0.3) is 10.8 Å². The largest absolute Gasteiger partial charge is 0.416 e. The highest BCUT2D eigenvalue weighted by molar-refractivity contribution is 7.17. The Morgan fingerprint density at radius 2 is 1.91 bits per heavy atom. The number of rotatable bonds is 7. The Labute approximate surface area is 185 Å². The lowest BCUT2D eigenvalue weighted by Gasteiger charge is -2.08. The molecule has 0 saturated carbocycles. The molecule has 4 aromatic rings. The van der Waals surface area contributed by atoms with E-state index in [2.05, 4.69) is 25.5 Å². The Bertz CT molecular complexity index is 1220. The summed E-state index contributed by atoms with van der Waals surface area (Å²) in [6.45, 7) is 1.92. The van der Waals surface area contributed by atoms with E-state index in [1.165, 1.54) is 28.2 Å². The van der Waals surface area contributed by atoms with Crippen LogP contribution in [0.15, 0.2) is 48.8 Å². The number of aromatic nitrogens is 6. The molecule has 0 bridgehead atoms. The van der Waals surface area contributed by atoms with Crippen LogP contribution >= 0.6 is 11.3 Å². The first-order chi connectivity index (χ1) is 15.3. The summed E-state index contributed by atoms with van der Waals surface area (Å²) < 4.78 is 39.7. The van der Waals surface area contributed by atoms with E-state index in [-0.39, 0.29) is 12.3 Å². The van der Waals surface area contributed by atoms with Gasteiger partial charge in [0.15, 0.2) is 10.8 Å². The van der Waals surface area contributed by atoms with Gasteiger partial charge in [0.1, 0.15) is 0 Å². The monoisotopic (exact) mass is 458 g/mol. The molecular weight excluding hydrogens is 441 g/mol. The lowest BCUT2D eigenvalue weighted by Crippen LogP contribution is -2.07. The van der Waals surface area contributed by atoms with E-state index < -0.39 is 11.7 Å². The van der Waals surface area contributed by atoms with Gasteiger partial charge in [-0.05, 0) is 53.1 Å². The molecule has 4 rings (SSSR count). The van der Waals surface area contributed by atoms with Crippen LogP contribution < -0.4 is 0 Å². The van der Waals surface area contributed by atoms with Gasteiger partial charge in [0.2, 0.25) is 5.82 Å². The number of tetrazole rings is 1. The van der Waals surface area contributed by atoms with Crippen LogP contribution in [0.2, 0.25) is 0 Å². The maximum absolute atomic E-state index is 12.8. The zero-order valence-corrected chi connectivity index (χ0v) is 17.7. The molecule has 0 amide bonds. The molecule has 0 aliphatic carbocycles. The highest BCUT2D eigenvalue weighted by Gasteiger charge is 2.30. The van der Waals surface area contributed by atoms with Crippen LogP contribution in [-0.4, -0.2) is 36.0 Å². The molecule has 0 spiro atoms. The van der Waals surface area contributed by atoms with Crippen molar-refractivity contribution in [3.05, 3.63) is 76.1 Å². The number of thiazole rings is 1. The third kappa shape index (κ3) is 4.88. The number of pyridine rings is 1. The topological polar surface area (TPSA) is 86.5 Å². The summed E-state index contributed by atoms with van der Waals surface area (Å²) in [5, 5.41) is 12.1. The highest BCUT2D eigenvalue weighted by Crippen LogP contribution is 2.30. The Hall–Kier alpha value is -3.47. The van der Waals surface area contributed by atoms with Crippen molar-refractivity contribution < 1.29 is 18.0 Å². The van der Waals surface area contributed by atoms with Crippen molar-refractivity contribution in [3.63, 3.8) is 0 Å². The minimum absolute atomic E-state index is 0.0307. The number of carbonyl (C=O) groups excluding carboxylic acids is 1. The molecule has 1 aromatic carbocycles. The van der Waals surface area contributed by atoms with E-state index >= 15 is 0 Å².